The molecule has 3 nitrogen and oxygen atoms in total. The molecule has 0 saturated carbocycles. The molecular weight excluding hydrogens is 190 g/mol. The molecule has 0 bridgehead atoms. The number of ketones is 1. The summed E-state index contributed by atoms with van der Waals surface area (Å²) in [5.41, 5.74) is 0.829. The van der Waals surface area contributed by atoms with Gasteiger partial charge in [0.15, 0.2) is 0 Å². The predicted octanol–water partition coefficient (Wildman–Crippen LogP) is 1.95. The zero-order valence-corrected chi connectivity index (χ0v) is 9.49. The van der Waals surface area contributed by atoms with Crippen LogP contribution in [0.1, 0.15) is 38.7 Å². The highest BCUT2D eigenvalue weighted by Gasteiger charge is 2.06. The van der Waals surface area contributed by atoms with E-state index in [-0.39, 0.29) is 17.3 Å². The summed E-state index contributed by atoms with van der Waals surface area (Å²) in [5, 5.41) is 0. The van der Waals surface area contributed by atoms with Crippen molar-refractivity contribution in [2.75, 3.05) is 0 Å². The van der Waals surface area contributed by atoms with Crippen molar-refractivity contribution in [3.63, 3.8) is 0 Å². The zero-order chi connectivity index (χ0) is 11.4. The Bertz CT molecular complexity index is 404. The van der Waals surface area contributed by atoms with Gasteiger partial charge < -0.3 is 4.57 Å². The normalized spacial score (nSPS) is 10.7. The fourth-order valence-electron chi connectivity index (χ4n) is 1.45. The highest BCUT2D eigenvalue weighted by atomic mass is 16.1. The zero-order valence-electron chi connectivity index (χ0n) is 9.49. The first-order valence-electron chi connectivity index (χ1n) is 5.21. The molecule has 1 heterocycles. The number of rotatable bonds is 4. The molecule has 0 atom stereocenters. The van der Waals surface area contributed by atoms with Crippen molar-refractivity contribution in [3.05, 3.63) is 34.2 Å². The minimum atomic E-state index is 0.0220. The van der Waals surface area contributed by atoms with E-state index in [1.54, 1.807) is 10.8 Å². The molecule has 82 valence electrons. The van der Waals surface area contributed by atoms with E-state index >= 15 is 0 Å². The standard InChI is InChI=1S/C12H17NO2/c1-9(2)11-5-4-7-13(12(11)15)8-6-10(3)14/h4-5,7,9H,6,8H2,1-3H3. The maximum absolute atomic E-state index is 11.9. The van der Waals surface area contributed by atoms with Crippen LogP contribution < -0.4 is 5.56 Å². The third-order valence-electron chi connectivity index (χ3n) is 2.38. The molecule has 0 unspecified atom stereocenters. The van der Waals surface area contributed by atoms with Crippen LogP contribution in [-0.2, 0) is 11.3 Å². The van der Waals surface area contributed by atoms with Gasteiger partial charge in [0.05, 0.1) is 0 Å². The summed E-state index contributed by atoms with van der Waals surface area (Å²) < 4.78 is 1.61. The number of hydrogen-bond donors (Lipinski definition) is 0. The van der Waals surface area contributed by atoms with Crippen LogP contribution in [0.5, 0.6) is 0 Å². The number of nitrogens with zero attached hydrogens (tertiary/aromatic N) is 1. The average Bonchev–Trinajstić information content (AvgIpc) is 2.15. The molecule has 0 aliphatic carbocycles. The third-order valence-corrected chi connectivity index (χ3v) is 2.38. The molecule has 0 aliphatic heterocycles. The molecule has 0 amide bonds. The molecule has 0 N–H and O–H groups in total. The van der Waals surface area contributed by atoms with E-state index in [0.29, 0.717) is 13.0 Å². The van der Waals surface area contributed by atoms with Gasteiger partial charge in [-0.05, 0) is 18.9 Å². The van der Waals surface area contributed by atoms with Crippen LogP contribution in [0.25, 0.3) is 0 Å². The van der Waals surface area contributed by atoms with Gasteiger partial charge in [0.2, 0.25) is 0 Å². The van der Waals surface area contributed by atoms with E-state index < -0.39 is 0 Å². The Hall–Kier alpha value is -1.38. The number of carbonyl (C=O) groups is 1. The summed E-state index contributed by atoms with van der Waals surface area (Å²) >= 11 is 0. The van der Waals surface area contributed by atoms with Crippen LogP contribution in [0.2, 0.25) is 0 Å². The highest BCUT2D eigenvalue weighted by molar-refractivity contribution is 5.75. The van der Waals surface area contributed by atoms with E-state index in [4.69, 9.17) is 0 Å². The van der Waals surface area contributed by atoms with E-state index in [1.807, 2.05) is 26.0 Å². The van der Waals surface area contributed by atoms with Gasteiger partial charge in [-0.25, -0.2) is 0 Å². The SMILES string of the molecule is CC(=O)CCn1cccc(C(C)C)c1=O. The first-order valence-corrected chi connectivity index (χ1v) is 5.21. The summed E-state index contributed by atoms with van der Waals surface area (Å²) in [6.07, 6.45) is 2.15. The first-order chi connectivity index (χ1) is 7.02. The van der Waals surface area contributed by atoms with Crippen molar-refractivity contribution in [2.45, 2.75) is 39.7 Å². The van der Waals surface area contributed by atoms with Crippen LogP contribution in [0, 0.1) is 0 Å². The van der Waals surface area contributed by atoms with Crippen molar-refractivity contribution in [3.8, 4) is 0 Å². The summed E-state index contributed by atoms with van der Waals surface area (Å²) in [5.74, 6) is 0.333. The van der Waals surface area contributed by atoms with Crippen molar-refractivity contribution < 1.29 is 4.79 Å². The third kappa shape index (κ3) is 3.05. The Kier molecular flexibility index (Phi) is 3.83. The Balaban J connectivity index is 2.95. The van der Waals surface area contributed by atoms with E-state index in [9.17, 15) is 9.59 Å². The van der Waals surface area contributed by atoms with Crippen LogP contribution in [-0.4, -0.2) is 10.4 Å². The number of pyridine rings is 1. The molecule has 1 aromatic heterocycles. The topological polar surface area (TPSA) is 39.1 Å². The van der Waals surface area contributed by atoms with Crippen LogP contribution in [0.15, 0.2) is 23.1 Å². The number of hydrogen-bond acceptors (Lipinski definition) is 2. The second-order valence-electron chi connectivity index (χ2n) is 4.07. The number of aromatic nitrogens is 1. The molecule has 0 saturated heterocycles. The van der Waals surface area contributed by atoms with Gasteiger partial charge in [-0.2, -0.15) is 0 Å². The molecular formula is C12H17NO2. The molecule has 1 aromatic rings. The molecule has 15 heavy (non-hydrogen) atoms. The number of carbonyl (C=O) groups excluding carboxylic acids is 1. The number of Topliss-reactive ketones (excluding diaryl/α,β-unsaturated/α-hetero) is 1. The van der Waals surface area contributed by atoms with Gasteiger partial charge in [0, 0.05) is 24.7 Å². The lowest BCUT2D eigenvalue weighted by atomic mass is 10.1. The monoisotopic (exact) mass is 207 g/mol. The van der Waals surface area contributed by atoms with Crippen LogP contribution in [0.4, 0.5) is 0 Å². The summed E-state index contributed by atoms with van der Waals surface area (Å²) in [6.45, 7) is 6.00. The van der Waals surface area contributed by atoms with Crippen LogP contribution in [0.3, 0.4) is 0 Å². The first kappa shape index (κ1) is 11.7. The lowest BCUT2D eigenvalue weighted by Crippen LogP contribution is -2.24. The lowest BCUT2D eigenvalue weighted by molar-refractivity contribution is -0.117. The van der Waals surface area contributed by atoms with Gasteiger partial charge in [0.1, 0.15) is 5.78 Å². The van der Waals surface area contributed by atoms with Crippen LogP contribution >= 0.6 is 0 Å². The Morgan fingerprint density at radius 2 is 2.13 bits per heavy atom. The minimum absolute atomic E-state index is 0.0220. The second kappa shape index (κ2) is 4.91. The van der Waals surface area contributed by atoms with Gasteiger partial charge in [-0.15, -0.1) is 0 Å². The fraction of sp³-hybridized carbons (Fsp3) is 0.500. The van der Waals surface area contributed by atoms with Crippen molar-refractivity contribution in [1.82, 2.24) is 4.57 Å². The van der Waals surface area contributed by atoms with Gasteiger partial charge >= 0.3 is 0 Å². The number of aryl methyl sites for hydroxylation is 1. The minimum Gasteiger partial charge on any atom is -0.315 e. The Morgan fingerprint density at radius 3 is 2.67 bits per heavy atom. The smallest absolute Gasteiger partial charge is 0.253 e. The van der Waals surface area contributed by atoms with E-state index in [1.165, 1.54) is 6.92 Å². The lowest BCUT2D eigenvalue weighted by Gasteiger charge is -2.08. The Morgan fingerprint density at radius 1 is 1.47 bits per heavy atom. The highest BCUT2D eigenvalue weighted by Crippen LogP contribution is 2.08. The molecule has 0 aliphatic rings. The summed E-state index contributed by atoms with van der Waals surface area (Å²) in [4.78, 5) is 22.7. The molecule has 0 radical (unpaired) electrons. The molecule has 0 spiro atoms. The van der Waals surface area contributed by atoms with Gasteiger partial charge in [-0.1, -0.05) is 19.9 Å². The molecule has 0 aromatic carbocycles. The average molecular weight is 207 g/mol. The molecule has 0 fully saturated rings. The van der Waals surface area contributed by atoms with Gasteiger partial charge in [0.25, 0.3) is 5.56 Å². The maximum Gasteiger partial charge on any atom is 0.253 e. The fourth-order valence-corrected chi connectivity index (χ4v) is 1.45. The summed E-state index contributed by atoms with van der Waals surface area (Å²) in [6, 6.07) is 3.70. The summed E-state index contributed by atoms with van der Waals surface area (Å²) in [7, 11) is 0. The molecule has 1 rings (SSSR count). The van der Waals surface area contributed by atoms with Crippen molar-refractivity contribution >= 4 is 5.78 Å². The van der Waals surface area contributed by atoms with E-state index in [0.717, 1.165) is 5.56 Å². The molecule has 3 heteroatoms. The second-order valence-corrected chi connectivity index (χ2v) is 4.07. The quantitative estimate of drug-likeness (QED) is 0.757. The van der Waals surface area contributed by atoms with Gasteiger partial charge in [-0.3, -0.25) is 9.59 Å². The van der Waals surface area contributed by atoms with Crippen molar-refractivity contribution in [2.24, 2.45) is 0 Å². The Labute approximate surface area is 89.7 Å². The predicted molar refractivity (Wildman–Crippen MR) is 60.1 cm³/mol. The largest absolute Gasteiger partial charge is 0.315 e. The maximum atomic E-state index is 11.9. The van der Waals surface area contributed by atoms with Crippen molar-refractivity contribution in [1.29, 1.82) is 0 Å². The van der Waals surface area contributed by atoms with E-state index in [2.05, 4.69) is 0 Å².